The number of pyridine rings is 1. The molecule has 76 valence electrons. The standard InChI is InChI=1S/C11H9NO2S/c1-7-3-5-15-10(7)8-2-4-12-9(6-8)11(13)14/h2-6H,1H3,(H,13,14). The van der Waals surface area contributed by atoms with E-state index in [2.05, 4.69) is 4.98 Å². The Morgan fingerprint density at radius 3 is 2.87 bits per heavy atom. The van der Waals surface area contributed by atoms with Crippen LogP contribution in [0.15, 0.2) is 29.8 Å². The van der Waals surface area contributed by atoms with Gasteiger partial charge in [-0.1, -0.05) is 0 Å². The average Bonchev–Trinajstić information content (AvgIpc) is 2.64. The summed E-state index contributed by atoms with van der Waals surface area (Å²) in [7, 11) is 0. The second-order valence-electron chi connectivity index (χ2n) is 3.17. The lowest BCUT2D eigenvalue weighted by atomic mass is 10.1. The van der Waals surface area contributed by atoms with Gasteiger partial charge in [0.1, 0.15) is 5.69 Å². The molecule has 0 saturated carbocycles. The van der Waals surface area contributed by atoms with Crippen LogP contribution in [0.1, 0.15) is 16.1 Å². The van der Waals surface area contributed by atoms with E-state index in [-0.39, 0.29) is 5.69 Å². The lowest BCUT2D eigenvalue weighted by molar-refractivity contribution is 0.0690. The molecule has 4 heteroatoms. The molecule has 0 amide bonds. The number of aryl methyl sites for hydroxylation is 1. The van der Waals surface area contributed by atoms with Crippen LogP contribution in [0.4, 0.5) is 0 Å². The van der Waals surface area contributed by atoms with Crippen LogP contribution in [0.25, 0.3) is 10.4 Å². The van der Waals surface area contributed by atoms with E-state index in [1.165, 1.54) is 6.20 Å². The van der Waals surface area contributed by atoms with Gasteiger partial charge in [0.15, 0.2) is 0 Å². The summed E-state index contributed by atoms with van der Waals surface area (Å²) in [4.78, 5) is 15.6. The minimum absolute atomic E-state index is 0.0836. The second kappa shape index (κ2) is 3.82. The molecule has 2 rings (SSSR count). The topological polar surface area (TPSA) is 50.2 Å². The van der Waals surface area contributed by atoms with Crippen LogP contribution >= 0.6 is 11.3 Å². The number of carboxylic acids is 1. The van der Waals surface area contributed by atoms with E-state index in [1.54, 1.807) is 17.4 Å². The largest absolute Gasteiger partial charge is 0.477 e. The van der Waals surface area contributed by atoms with Gasteiger partial charge in [0, 0.05) is 11.1 Å². The Labute approximate surface area is 91.0 Å². The van der Waals surface area contributed by atoms with Crippen molar-refractivity contribution in [2.45, 2.75) is 6.92 Å². The summed E-state index contributed by atoms with van der Waals surface area (Å²) in [5.41, 5.74) is 2.15. The molecule has 0 unspecified atom stereocenters. The third kappa shape index (κ3) is 1.89. The molecule has 2 heterocycles. The Balaban J connectivity index is 2.50. The Hall–Kier alpha value is -1.68. The number of carboxylic acid groups (broad SMARTS) is 1. The highest BCUT2D eigenvalue weighted by molar-refractivity contribution is 7.13. The third-order valence-corrected chi connectivity index (χ3v) is 3.17. The Morgan fingerprint density at radius 1 is 1.47 bits per heavy atom. The van der Waals surface area contributed by atoms with E-state index in [0.29, 0.717) is 0 Å². The lowest BCUT2D eigenvalue weighted by Crippen LogP contribution is -1.99. The fraction of sp³-hybridized carbons (Fsp3) is 0.0909. The zero-order chi connectivity index (χ0) is 10.8. The number of hydrogen-bond donors (Lipinski definition) is 1. The molecule has 3 nitrogen and oxygen atoms in total. The monoisotopic (exact) mass is 219 g/mol. The first-order valence-corrected chi connectivity index (χ1v) is 5.30. The van der Waals surface area contributed by atoms with Gasteiger partial charge in [-0.25, -0.2) is 9.78 Å². The van der Waals surface area contributed by atoms with Crippen molar-refractivity contribution in [3.05, 3.63) is 41.0 Å². The van der Waals surface area contributed by atoms with Gasteiger partial charge < -0.3 is 5.11 Å². The SMILES string of the molecule is Cc1ccsc1-c1ccnc(C(=O)O)c1. The zero-order valence-corrected chi connectivity index (χ0v) is 8.91. The van der Waals surface area contributed by atoms with E-state index in [9.17, 15) is 4.79 Å². The third-order valence-electron chi connectivity index (χ3n) is 2.10. The molecule has 2 aromatic rings. The Morgan fingerprint density at radius 2 is 2.27 bits per heavy atom. The minimum Gasteiger partial charge on any atom is -0.477 e. The van der Waals surface area contributed by atoms with Crippen molar-refractivity contribution in [3.8, 4) is 10.4 Å². The van der Waals surface area contributed by atoms with E-state index in [0.717, 1.165) is 16.0 Å². The average molecular weight is 219 g/mol. The van der Waals surface area contributed by atoms with Crippen LogP contribution in [-0.4, -0.2) is 16.1 Å². The van der Waals surface area contributed by atoms with Crippen molar-refractivity contribution >= 4 is 17.3 Å². The van der Waals surface area contributed by atoms with Crippen molar-refractivity contribution in [1.29, 1.82) is 0 Å². The maximum absolute atomic E-state index is 10.7. The first-order chi connectivity index (χ1) is 7.18. The summed E-state index contributed by atoms with van der Waals surface area (Å²) in [5.74, 6) is -0.994. The summed E-state index contributed by atoms with van der Waals surface area (Å²) in [6.07, 6.45) is 1.53. The quantitative estimate of drug-likeness (QED) is 0.844. The second-order valence-corrected chi connectivity index (χ2v) is 4.08. The van der Waals surface area contributed by atoms with E-state index >= 15 is 0 Å². The molecular weight excluding hydrogens is 210 g/mol. The van der Waals surface area contributed by atoms with Gasteiger partial charge in [0.25, 0.3) is 0 Å². The lowest BCUT2D eigenvalue weighted by Gasteiger charge is -2.00. The smallest absolute Gasteiger partial charge is 0.354 e. The maximum atomic E-state index is 10.7. The number of rotatable bonds is 2. The number of nitrogens with zero attached hydrogens (tertiary/aromatic N) is 1. The van der Waals surface area contributed by atoms with Crippen LogP contribution < -0.4 is 0 Å². The Bertz CT molecular complexity index is 505. The summed E-state index contributed by atoms with van der Waals surface area (Å²) >= 11 is 1.60. The summed E-state index contributed by atoms with van der Waals surface area (Å²) in [6, 6.07) is 5.44. The number of thiophene rings is 1. The van der Waals surface area contributed by atoms with Crippen LogP contribution in [0.3, 0.4) is 0 Å². The van der Waals surface area contributed by atoms with Gasteiger partial charge in [0.05, 0.1) is 0 Å². The molecule has 0 aliphatic carbocycles. The predicted molar refractivity (Wildman–Crippen MR) is 59.2 cm³/mol. The molecule has 0 fully saturated rings. The fourth-order valence-corrected chi connectivity index (χ4v) is 2.28. The molecule has 0 spiro atoms. The van der Waals surface area contributed by atoms with Gasteiger partial charge in [-0.3, -0.25) is 0 Å². The van der Waals surface area contributed by atoms with Gasteiger partial charge in [-0.15, -0.1) is 11.3 Å². The molecule has 2 aromatic heterocycles. The summed E-state index contributed by atoms with van der Waals surface area (Å²) in [5, 5.41) is 10.8. The van der Waals surface area contributed by atoms with Crippen LogP contribution in [0.5, 0.6) is 0 Å². The molecule has 0 aliphatic heterocycles. The molecule has 1 N–H and O–H groups in total. The van der Waals surface area contributed by atoms with E-state index in [1.807, 2.05) is 24.4 Å². The van der Waals surface area contributed by atoms with Crippen LogP contribution in [0.2, 0.25) is 0 Å². The number of carbonyl (C=O) groups is 1. The first kappa shape index (κ1) is 9.86. The minimum atomic E-state index is -0.994. The summed E-state index contributed by atoms with van der Waals surface area (Å²) < 4.78 is 0. The van der Waals surface area contributed by atoms with Gasteiger partial charge in [-0.2, -0.15) is 0 Å². The normalized spacial score (nSPS) is 10.2. The highest BCUT2D eigenvalue weighted by Gasteiger charge is 2.08. The molecule has 0 bridgehead atoms. The summed E-state index contributed by atoms with van der Waals surface area (Å²) in [6.45, 7) is 2.01. The molecule has 15 heavy (non-hydrogen) atoms. The highest BCUT2D eigenvalue weighted by atomic mass is 32.1. The molecule has 0 atom stereocenters. The van der Waals surface area contributed by atoms with Gasteiger partial charge in [0.2, 0.25) is 0 Å². The van der Waals surface area contributed by atoms with Crippen molar-refractivity contribution in [1.82, 2.24) is 4.98 Å². The maximum Gasteiger partial charge on any atom is 0.354 e. The van der Waals surface area contributed by atoms with Crippen molar-refractivity contribution in [2.24, 2.45) is 0 Å². The molecular formula is C11H9NO2S. The van der Waals surface area contributed by atoms with E-state index in [4.69, 9.17) is 5.11 Å². The molecule has 0 saturated heterocycles. The highest BCUT2D eigenvalue weighted by Crippen LogP contribution is 2.28. The first-order valence-electron chi connectivity index (χ1n) is 4.42. The fourth-order valence-electron chi connectivity index (χ4n) is 1.36. The van der Waals surface area contributed by atoms with Crippen molar-refractivity contribution in [3.63, 3.8) is 0 Å². The zero-order valence-electron chi connectivity index (χ0n) is 8.10. The van der Waals surface area contributed by atoms with E-state index < -0.39 is 5.97 Å². The predicted octanol–water partition coefficient (Wildman–Crippen LogP) is 2.82. The van der Waals surface area contributed by atoms with Crippen LogP contribution in [-0.2, 0) is 0 Å². The Kier molecular flexibility index (Phi) is 2.51. The molecule has 0 aromatic carbocycles. The molecule has 0 radical (unpaired) electrons. The van der Waals surface area contributed by atoms with Crippen molar-refractivity contribution in [2.75, 3.05) is 0 Å². The van der Waals surface area contributed by atoms with Crippen LogP contribution in [0, 0.1) is 6.92 Å². The molecule has 0 aliphatic rings. The number of hydrogen-bond acceptors (Lipinski definition) is 3. The van der Waals surface area contributed by atoms with Gasteiger partial charge in [-0.05, 0) is 41.6 Å². The van der Waals surface area contributed by atoms with Gasteiger partial charge >= 0.3 is 5.97 Å². The van der Waals surface area contributed by atoms with Crippen molar-refractivity contribution < 1.29 is 9.90 Å². The number of aromatic carboxylic acids is 1. The number of aromatic nitrogens is 1.